The van der Waals surface area contributed by atoms with Gasteiger partial charge in [0.25, 0.3) is 0 Å². The molecule has 1 fully saturated rings. The number of esters is 1. The SMILES string of the molecule is CCOC(=O)/C=C/c1ccncc1B1OC(C)(C)C(C)(C)O1. The molecule has 2 heterocycles. The number of hydrogen-bond donors (Lipinski definition) is 0. The molecule has 2 rings (SSSR count). The third kappa shape index (κ3) is 3.39. The van der Waals surface area contributed by atoms with E-state index >= 15 is 0 Å². The minimum absolute atomic E-state index is 0.351. The highest BCUT2D eigenvalue weighted by molar-refractivity contribution is 6.63. The predicted molar refractivity (Wildman–Crippen MR) is 85.6 cm³/mol. The normalized spacial score (nSPS) is 19.6. The Morgan fingerprint density at radius 2 is 1.95 bits per heavy atom. The number of carbonyl (C=O) groups excluding carboxylic acids is 1. The lowest BCUT2D eigenvalue weighted by molar-refractivity contribution is -0.137. The molecule has 1 aromatic heterocycles. The lowest BCUT2D eigenvalue weighted by Gasteiger charge is -2.32. The van der Waals surface area contributed by atoms with Gasteiger partial charge >= 0.3 is 13.1 Å². The van der Waals surface area contributed by atoms with Crippen molar-refractivity contribution in [3.05, 3.63) is 30.1 Å². The second-order valence-corrected chi connectivity index (χ2v) is 6.18. The van der Waals surface area contributed by atoms with Crippen LogP contribution >= 0.6 is 0 Å². The van der Waals surface area contributed by atoms with Gasteiger partial charge < -0.3 is 14.0 Å². The third-order valence-corrected chi connectivity index (χ3v) is 4.08. The fourth-order valence-electron chi connectivity index (χ4n) is 2.08. The van der Waals surface area contributed by atoms with E-state index in [1.807, 2.05) is 33.8 Å². The Morgan fingerprint density at radius 3 is 2.55 bits per heavy atom. The summed E-state index contributed by atoms with van der Waals surface area (Å²) in [6, 6.07) is 1.82. The third-order valence-electron chi connectivity index (χ3n) is 4.08. The molecule has 0 spiro atoms. The van der Waals surface area contributed by atoms with Gasteiger partial charge in [0.1, 0.15) is 0 Å². The molecule has 118 valence electrons. The van der Waals surface area contributed by atoms with Crippen molar-refractivity contribution in [3.63, 3.8) is 0 Å². The highest BCUT2D eigenvalue weighted by atomic mass is 16.7. The fourth-order valence-corrected chi connectivity index (χ4v) is 2.08. The van der Waals surface area contributed by atoms with Crippen LogP contribution in [0.2, 0.25) is 0 Å². The molecule has 0 atom stereocenters. The lowest BCUT2D eigenvalue weighted by Crippen LogP contribution is -2.41. The van der Waals surface area contributed by atoms with Gasteiger partial charge in [-0.05, 0) is 52.3 Å². The monoisotopic (exact) mass is 303 g/mol. The molecule has 1 aliphatic heterocycles. The van der Waals surface area contributed by atoms with Crippen LogP contribution in [0.5, 0.6) is 0 Å². The molecule has 0 N–H and O–H groups in total. The summed E-state index contributed by atoms with van der Waals surface area (Å²) in [4.78, 5) is 15.6. The molecule has 0 aliphatic carbocycles. The number of ether oxygens (including phenoxy) is 1. The molecule has 0 radical (unpaired) electrons. The number of rotatable bonds is 4. The van der Waals surface area contributed by atoms with Crippen molar-refractivity contribution in [1.82, 2.24) is 4.98 Å². The van der Waals surface area contributed by atoms with Crippen LogP contribution in [0, 0.1) is 0 Å². The van der Waals surface area contributed by atoms with Gasteiger partial charge in [0, 0.05) is 23.9 Å². The van der Waals surface area contributed by atoms with Gasteiger partial charge in [-0.1, -0.05) is 0 Å². The molecule has 1 aliphatic rings. The first-order valence-corrected chi connectivity index (χ1v) is 7.41. The molecular weight excluding hydrogens is 281 g/mol. The lowest BCUT2D eigenvalue weighted by atomic mass is 9.77. The highest BCUT2D eigenvalue weighted by Gasteiger charge is 2.52. The minimum Gasteiger partial charge on any atom is -0.463 e. The van der Waals surface area contributed by atoms with E-state index in [2.05, 4.69) is 4.98 Å². The van der Waals surface area contributed by atoms with Gasteiger partial charge in [0.15, 0.2) is 0 Å². The van der Waals surface area contributed by atoms with Crippen LogP contribution in [0.25, 0.3) is 6.08 Å². The summed E-state index contributed by atoms with van der Waals surface area (Å²) >= 11 is 0. The molecule has 1 saturated heterocycles. The van der Waals surface area contributed by atoms with Crippen molar-refractivity contribution in [2.45, 2.75) is 45.8 Å². The van der Waals surface area contributed by atoms with E-state index in [-0.39, 0.29) is 5.97 Å². The van der Waals surface area contributed by atoms with Crippen LogP contribution in [0.3, 0.4) is 0 Å². The van der Waals surface area contributed by atoms with E-state index in [4.69, 9.17) is 14.0 Å². The quantitative estimate of drug-likeness (QED) is 0.483. The number of hydrogen-bond acceptors (Lipinski definition) is 5. The zero-order valence-corrected chi connectivity index (χ0v) is 13.8. The Kier molecular flexibility index (Phi) is 4.73. The summed E-state index contributed by atoms with van der Waals surface area (Å²) in [5.74, 6) is -0.376. The summed E-state index contributed by atoms with van der Waals surface area (Å²) in [6.07, 6.45) is 6.46. The van der Waals surface area contributed by atoms with Crippen molar-refractivity contribution in [3.8, 4) is 0 Å². The van der Waals surface area contributed by atoms with Crippen molar-refractivity contribution in [2.75, 3.05) is 6.61 Å². The molecule has 0 unspecified atom stereocenters. The van der Waals surface area contributed by atoms with E-state index < -0.39 is 18.3 Å². The molecule has 0 aromatic carbocycles. The highest BCUT2D eigenvalue weighted by Crippen LogP contribution is 2.36. The minimum atomic E-state index is -0.513. The van der Waals surface area contributed by atoms with Crippen molar-refractivity contribution >= 4 is 24.6 Å². The maximum atomic E-state index is 11.5. The summed E-state index contributed by atoms with van der Waals surface area (Å²) in [6.45, 7) is 10.1. The Labute approximate surface area is 131 Å². The average molecular weight is 303 g/mol. The summed E-state index contributed by atoms with van der Waals surface area (Å²) in [7, 11) is -0.513. The van der Waals surface area contributed by atoms with Crippen molar-refractivity contribution in [2.24, 2.45) is 0 Å². The van der Waals surface area contributed by atoms with Crippen molar-refractivity contribution in [1.29, 1.82) is 0 Å². The van der Waals surface area contributed by atoms with Gasteiger partial charge in [-0.2, -0.15) is 0 Å². The van der Waals surface area contributed by atoms with Crippen LogP contribution in [-0.4, -0.2) is 35.9 Å². The Bertz CT molecular complexity index is 567. The fraction of sp³-hybridized carbons (Fsp3) is 0.500. The molecule has 5 nitrogen and oxygen atoms in total. The Morgan fingerprint density at radius 1 is 1.32 bits per heavy atom. The number of pyridine rings is 1. The van der Waals surface area contributed by atoms with Crippen LogP contribution in [0.1, 0.15) is 40.2 Å². The van der Waals surface area contributed by atoms with E-state index in [0.717, 1.165) is 11.0 Å². The van der Waals surface area contributed by atoms with E-state index in [0.29, 0.717) is 6.61 Å². The van der Waals surface area contributed by atoms with E-state index in [9.17, 15) is 4.79 Å². The van der Waals surface area contributed by atoms with Gasteiger partial charge in [0.05, 0.1) is 17.8 Å². The summed E-state index contributed by atoms with van der Waals surface area (Å²) in [5.41, 5.74) is 0.772. The predicted octanol–water partition coefficient (Wildman–Crippen LogP) is 1.96. The first-order chi connectivity index (χ1) is 10.3. The zero-order chi connectivity index (χ0) is 16.4. The summed E-state index contributed by atoms with van der Waals surface area (Å²) < 4.78 is 17.0. The van der Waals surface area contributed by atoms with Crippen LogP contribution < -0.4 is 5.46 Å². The zero-order valence-electron chi connectivity index (χ0n) is 13.8. The van der Waals surface area contributed by atoms with E-state index in [1.54, 1.807) is 25.4 Å². The molecule has 22 heavy (non-hydrogen) atoms. The summed E-state index contributed by atoms with van der Waals surface area (Å²) in [5, 5.41) is 0. The van der Waals surface area contributed by atoms with Gasteiger partial charge in [-0.15, -0.1) is 0 Å². The average Bonchev–Trinajstić information content (AvgIpc) is 2.66. The maximum absolute atomic E-state index is 11.5. The van der Waals surface area contributed by atoms with Gasteiger partial charge in [-0.25, -0.2) is 4.79 Å². The van der Waals surface area contributed by atoms with Crippen LogP contribution in [-0.2, 0) is 18.8 Å². The van der Waals surface area contributed by atoms with Gasteiger partial charge in [0.2, 0.25) is 0 Å². The largest absolute Gasteiger partial charge is 0.497 e. The van der Waals surface area contributed by atoms with Crippen LogP contribution in [0.4, 0.5) is 0 Å². The number of aromatic nitrogens is 1. The molecule has 6 heteroatoms. The standard InChI is InChI=1S/C16H22BNO4/c1-6-20-14(19)8-7-12-9-10-18-11-13(12)17-21-15(2,3)16(4,5)22-17/h7-11H,6H2,1-5H3/b8-7+. The van der Waals surface area contributed by atoms with Gasteiger partial charge in [-0.3, -0.25) is 4.98 Å². The first kappa shape index (κ1) is 16.7. The topological polar surface area (TPSA) is 57.7 Å². The number of nitrogens with zero attached hydrogens (tertiary/aromatic N) is 1. The molecular formula is C16H22BNO4. The Hall–Kier alpha value is -1.66. The maximum Gasteiger partial charge on any atom is 0.497 e. The van der Waals surface area contributed by atoms with E-state index in [1.165, 1.54) is 6.08 Å². The Balaban J connectivity index is 2.25. The van der Waals surface area contributed by atoms with Crippen molar-refractivity contribution < 1.29 is 18.8 Å². The van der Waals surface area contributed by atoms with Crippen LogP contribution in [0.15, 0.2) is 24.5 Å². The smallest absolute Gasteiger partial charge is 0.463 e. The molecule has 0 saturated carbocycles. The molecule has 0 amide bonds. The molecule has 1 aromatic rings. The second kappa shape index (κ2) is 6.22. The molecule has 0 bridgehead atoms. The number of carbonyl (C=O) groups is 1. The second-order valence-electron chi connectivity index (χ2n) is 6.18. The first-order valence-electron chi connectivity index (χ1n) is 7.41.